The minimum Gasteiger partial charge on any atom is -0.545 e. The van der Waals surface area contributed by atoms with Gasteiger partial charge in [-0.25, -0.2) is 0 Å². The fourth-order valence-electron chi connectivity index (χ4n) is 1.40. The molecule has 0 radical (unpaired) electrons. The Bertz CT molecular complexity index is 409. The molecule has 1 heterocycles. The molecule has 4 nitrogen and oxygen atoms in total. The van der Waals surface area contributed by atoms with E-state index in [-0.39, 0.29) is 10.6 Å². The highest BCUT2D eigenvalue weighted by Gasteiger charge is 2.06. The predicted molar refractivity (Wildman–Crippen MR) is 68.0 cm³/mol. The highest BCUT2D eigenvalue weighted by molar-refractivity contribution is 6.37. The van der Waals surface area contributed by atoms with Crippen molar-refractivity contribution in [3.05, 3.63) is 33.3 Å². The van der Waals surface area contributed by atoms with Crippen molar-refractivity contribution in [3.63, 3.8) is 0 Å². The number of carbonyl (C=O) groups excluding carboxylic acids is 1. The molecule has 1 aromatic carbocycles. The van der Waals surface area contributed by atoms with E-state index < -0.39 is 5.97 Å². The Morgan fingerprint density at radius 2 is 1.94 bits per heavy atom. The molecule has 0 atom stereocenters. The highest BCUT2D eigenvalue weighted by Crippen LogP contribution is 2.26. The standard InChI is InChI=1S/C8H6Cl2O2.C4H9NO/c1-4-6(9)3-2-5(7(4)10)8(11)12;1-3-6-4-2-5-1/h2-3H,1H3,(H,11,12);5H,1-4H2. The van der Waals surface area contributed by atoms with Gasteiger partial charge in [0, 0.05) is 10.6 Å². The van der Waals surface area contributed by atoms with Gasteiger partial charge in [0.15, 0.2) is 0 Å². The number of benzene rings is 1. The lowest BCUT2D eigenvalue weighted by atomic mass is 10.1. The van der Waals surface area contributed by atoms with Crippen LogP contribution in [0.25, 0.3) is 0 Å². The second-order valence-electron chi connectivity index (χ2n) is 3.80. The van der Waals surface area contributed by atoms with Crippen molar-refractivity contribution in [1.82, 2.24) is 0 Å². The lowest BCUT2D eigenvalue weighted by Crippen LogP contribution is -2.87. The summed E-state index contributed by atoms with van der Waals surface area (Å²) in [5.74, 6) is -1.29. The van der Waals surface area contributed by atoms with Crippen molar-refractivity contribution in [2.24, 2.45) is 0 Å². The van der Waals surface area contributed by atoms with Crippen molar-refractivity contribution < 1.29 is 20.0 Å². The van der Waals surface area contributed by atoms with E-state index in [2.05, 4.69) is 5.32 Å². The molecule has 0 spiro atoms. The van der Waals surface area contributed by atoms with Gasteiger partial charge in [-0.2, -0.15) is 0 Å². The molecule has 1 saturated heterocycles. The molecule has 0 unspecified atom stereocenters. The molecule has 18 heavy (non-hydrogen) atoms. The summed E-state index contributed by atoms with van der Waals surface area (Å²) in [5.41, 5.74) is 0.526. The van der Waals surface area contributed by atoms with E-state index in [1.54, 1.807) is 6.92 Å². The zero-order valence-corrected chi connectivity index (χ0v) is 11.6. The first-order chi connectivity index (χ1) is 8.54. The van der Waals surface area contributed by atoms with Gasteiger partial charge < -0.3 is 20.0 Å². The molecule has 2 rings (SSSR count). The zero-order chi connectivity index (χ0) is 13.5. The summed E-state index contributed by atoms with van der Waals surface area (Å²) in [6.07, 6.45) is 0. The van der Waals surface area contributed by atoms with Crippen molar-refractivity contribution in [1.29, 1.82) is 0 Å². The first-order valence-electron chi connectivity index (χ1n) is 5.59. The maximum Gasteiger partial charge on any atom is 0.0993 e. The number of nitrogens with two attached hydrogens (primary N) is 1. The maximum atomic E-state index is 10.4. The number of ether oxygens (including phenoxy) is 1. The Hall–Kier alpha value is -0.810. The number of morpholine rings is 1. The number of carbonyl (C=O) groups is 1. The average molecular weight is 292 g/mol. The van der Waals surface area contributed by atoms with E-state index in [0.29, 0.717) is 10.6 Å². The number of carboxylic acids is 1. The number of hydrogen-bond acceptors (Lipinski definition) is 3. The Labute approximate surface area is 116 Å². The van der Waals surface area contributed by atoms with Crippen LogP contribution in [0.1, 0.15) is 15.9 Å². The van der Waals surface area contributed by atoms with Gasteiger partial charge in [-0.15, -0.1) is 0 Å². The van der Waals surface area contributed by atoms with Gasteiger partial charge in [0.25, 0.3) is 0 Å². The van der Waals surface area contributed by atoms with Crippen LogP contribution in [-0.4, -0.2) is 32.3 Å². The van der Waals surface area contributed by atoms with Crippen LogP contribution in [0.3, 0.4) is 0 Å². The minimum atomic E-state index is -1.29. The fourth-order valence-corrected chi connectivity index (χ4v) is 1.85. The maximum absolute atomic E-state index is 10.4. The van der Waals surface area contributed by atoms with Crippen molar-refractivity contribution in [2.45, 2.75) is 6.92 Å². The summed E-state index contributed by atoms with van der Waals surface area (Å²) in [6, 6.07) is 2.81. The molecule has 1 fully saturated rings. The van der Waals surface area contributed by atoms with Gasteiger partial charge in [0.05, 0.1) is 37.3 Å². The number of carboxylic acid groups (broad SMARTS) is 1. The van der Waals surface area contributed by atoms with Crippen LogP contribution in [0.2, 0.25) is 10.0 Å². The Morgan fingerprint density at radius 3 is 2.33 bits per heavy atom. The van der Waals surface area contributed by atoms with Crippen molar-refractivity contribution in [3.8, 4) is 0 Å². The monoisotopic (exact) mass is 291 g/mol. The third kappa shape index (κ3) is 4.46. The Kier molecular flexibility index (Phi) is 6.43. The number of quaternary nitrogens is 1. The van der Waals surface area contributed by atoms with Gasteiger partial charge in [-0.3, -0.25) is 0 Å². The Morgan fingerprint density at radius 1 is 1.33 bits per heavy atom. The molecule has 1 aliphatic rings. The van der Waals surface area contributed by atoms with Crippen LogP contribution in [0.5, 0.6) is 0 Å². The number of rotatable bonds is 1. The second kappa shape index (κ2) is 7.59. The number of hydrogen-bond donors (Lipinski definition) is 1. The van der Waals surface area contributed by atoms with Gasteiger partial charge >= 0.3 is 0 Å². The largest absolute Gasteiger partial charge is 0.545 e. The predicted octanol–water partition coefficient (Wildman–Crippen LogP) is 0.245. The lowest BCUT2D eigenvalue weighted by Gasteiger charge is -2.08. The molecule has 0 saturated carbocycles. The van der Waals surface area contributed by atoms with Crippen LogP contribution in [0.15, 0.2) is 12.1 Å². The molecule has 0 bridgehead atoms. The van der Waals surface area contributed by atoms with Gasteiger partial charge in [-0.1, -0.05) is 29.3 Å². The topological polar surface area (TPSA) is 66.0 Å². The van der Waals surface area contributed by atoms with Crippen molar-refractivity contribution >= 4 is 29.2 Å². The van der Waals surface area contributed by atoms with Crippen LogP contribution in [0, 0.1) is 6.92 Å². The van der Waals surface area contributed by atoms with Gasteiger partial charge in [-0.05, 0) is 18.6 Å². The van der Waals surface area contributed by atoms with E-state index in [0.717, 1.165) is 26.3 Å². The Balaban J connectivity index is 0.000000225. The van der Waals surface area contributed by atoms with E-state index in [1.807, 2.05) is 0 Å². The van der Waals surface area contributed by atoms with Crippen LogP contribution >= 0.6 is 23.2 Å². The third-order valence-corrected chi connectivity index (χ3v) is 3.37. The summed E-state index contributed by atoms with van der Waals surface area (Å²) in [7, 11) is 0. The van der Waals surface area contributed by atoms with Crippen LogP contribution in [-0.2, 0) is 4.74 Å². The molecule has 6 heteroatoms. The lowest BCUT2D eigenvalue weighted by molar-refractivity contribution is -0.670. The number of aromatic carboxylic acids is 1. The molecular weight excluding hydrogens is 277 g/mol. The van der Waals surface area contributed by atoms with Gasteiger partial charge in [0.1, 0.15) is 0 Å². The van der Waals surface area contributed by atoms with Crippen LogP contribution < -0.4 is 10.4 Å². The molecule has 0 aromatic heterocycles. The summed E-state index contributed by atoms with van der Waals surface area (Å²) in [5, 5.41) is 13.3. The summed E-state index contributed by atoms with van der Waals surface area (Å²) < 4.78 is 5.04. The first-order valence-corrected chi connectivity index (χ1v) is 6.35. The van der Waals surface area contributed by atoms with Crippen LogP contribution in [0.4, 0.5) is 0 Å². The SMILES string of the molecule is C1COCC[NH2+]1.Cc1c(Cl)ccc(C(=O)[O-])c1Cl. The minimum absolute atomic E-state index is 0.0291. The van der Waals surface area contributed by atoms with E-state index in [4.69, 9.17) is 27.9 Å². The third-order valence-electron chi connectivity index (χ3n) is 2.47. The van der Waals surface area contributed by atoms with E-state index in [9.17, 15) is 9.90 Å². The normalized spacial score (nSPS) is 14.6. The molecule has 1 aliphatic heterocycles. The highest BCUT2D eigenvalue weighted by atomic mass is 35.5. The van der Waals surface area contributed by atoms with Gasteiger partial charge in [0.2, 0.25) is 0 Å². The van der Waals surface area contributed by atoms with E-state index in [1.165, 1.54) is 12.1 Å². The summed E-state index contributed by atoms with van der Waals surface area (Å²) >= 11 is 11.4. The zero-order valence-electron chi connectivity index (χ0n) is 10.0. The summed E-state index contributed by atoms with van der Waals surface area (Å²) in [4.78, 5) is 10.4. The number of halogens is 2. The summed E-state index contributed by atoms with van der Waals surface area (Å²) in [6.45, 7) is 5.84. The average Bonchev–Trinajstić information content (AvgIpc) is 2.38. The second-order valence-corrected chi connectivity index (χ2v) is 4.58. The molecule has 100 valence electrons. The first kappa shape index (κ1) is 15.2. The molecule has 0 aliphatic carbocycles. The molecule has 2 N–H and O–H groups in total. The fraction of sp³-hybridized carbons (Fsp3) is 0.417. The van der Waals surface area contributed by atoms with E-state index >= 15 is 0 Å². The van der Waals surface area contributed by atoms with Crippen molar-refractivity contribution in [2.75, 3.05) is 26.3 Å². The quantitative estimate of drug-likeness (QED) is 0.806. The smallest absolute Gasteiger partial charge is 0.0993 e. The molecule has 1 aromatic rings. The molecule has 0 amide bonds. The molecular formula is C12H15Cl2NO3.